The lowest BCUT2D eigenvalue weighted by Gasteiger charge is -2.07. The van der Waals surface area contributed by atoms with Crippen LogP contribution in [0.25, 0.3) is 0 Å². The highest BCUT2D eigenvalue weighted by molar-refractivity contribution is 5.91. The highest BCUT2D eigenvalue weighted by Gasteiger charge is 2.41. The summed E-state index contributed by atoms with van der Waals surface area (Å²) in [7, 11) is 1.22. The topological polar surface area (TPSA) is 50.1 Å². The average molecular weight is 219 g/mol. The number of methoxy groups -OCH3 is 1. The molecular weight excluding hydrogens is 209 g/mol. The Balaban J connectivity index is 2.42. The van der Waals surface area contributed by atoms with Gasteiger partial charge in [0.15, 0.2) is 0 Å². The van der Waals surface area contributed by atoms with E-state index >= 15 is 0 Å². The van der Waals surface area contributed by atoms with Gasteiger partial charge in [-0.05, 0) is 18.1 Å². The van der Waals surface area contributed by atoms with Crippen LogP contribution in [-0.4, -0.2) is 13.1 Å². The Bertz CT molecular complexity index is 478. The first kappa shape index (κ1) is 10.6. The molecule has 1 aromatic rings. The standard InChI is InChI=1S/C12H10FNO2/c1-16-12(15)11-8(3-2-4-10(11)13)9-5-7(9)6-14/h2-4,7,9H,5H2,1H3. The first-order chi connectivity index (χ1) is 7.69. The number of benzene rings is 1. The van der Waals surface area contributed by atoms with Crippen LogP contribution in [0.15, 0.2) is 18.2 Å². The summed E-state index contributed by atoms with van der Waals surface area (Å²) < 4.78 is 18.1. The average Bonchev–Trinajstić information content (AvgIpc) is 3.07. The van der Waals surface area contributed by atoms with Crippen molar-refractivity contribution >= 4 is 5.97 Å². The molecule has 0 aromatic heterocycles. The third-order valence-corrected chi connectivity index (χ3v) is 2.79. The number of rotatable bonds is 2. The maximum absolute atomic E-state index is 13.5. The molecule has 1 aliphatic rings. The van der Waals surface area contributed by atoms with Gasteiger partial charge in [-0.2, -0.15) is 5.26 Å². The highest BCUT2D eigenvalue weighted by Crippen LogP contribution is 2.48. The number of hydrogen-bond acceptors (Lipinski definition) is 3. The number of carbonyl (C=O) groups excluding carboxylic acids is 1. The molecule has 0 heterocycles. The van der Waals surface area contributed by atoms with Crippen molar-refractivity contribution in [2.45, 2.75) is 12.3 Å². The summed E-state index contributed by atoms with van der Waals surface area (Å²) in [5, 5.41) is 8.73. The molecule has 2 unspecified atom stereocenters. The molecule has 3 nitrogen and oxygen atoms in total. The van der Waals surface area contributed by atoms with Gasteiger partial charge in [0.05, 0.1) is 24.7 Å². The normalized spacial score (nSPS) is 22.3. The summed E-state index contributed by atoms with van der Waals surface area (Å²) in [6.07, 6.45) is 0.684. The molecule has 0 N–H and O–H groups in total. The number of carbonyl (C=O) groups is 1. The molecule has 0 aliphatic heterocycles. The minimum atomic E-state index is -0.684. The van der Waals surface area contributed by atoms with Gasteiger partial charge in [0, 0.05) is 5.92 Å². The molecule has 0 bridgehead atoms. The number of ether oxygens (including phenoxy) is 1. The SMILES string of the molecule is COC(=O)c1c(F)cccc1C1CC1C#N. The minimum absolute atomic E-state index is 0.0326. The molecule has 16 heavy (non-hydrogen) atoms. The first-order valence-corrected chi connectivity index (χ1v) is 4.95. The summed E-state index contributed by atoms with van der Waals surface area (Å²) in [6.45, 7) is 0. The van der Waals surface area contributed by atoms with Gasteiger partial charge in [0.25, 0.3) is 0 Å². The quantitative estimate of drug-likeness (QED) is 0.717. The smallest absolute Gasteiger partial charge is 0.341 e. The number of halogens is 1. The van der Waals surface area contributed by atoms with Crippen molar-refractivity contribution in [2.75, 3.05) is 7.11 Å². The fraction of sp³-hybridized carbons (Fsp3) is 0.333. The number of nitriles is 1. The van der Waals surface area contributed by atoms with Gasteiger partial charge in [0.1, 0.15) is 5.82 Å². The lowest BCUT2D eigenvalue weighted by atomic mass is 10.0. The molecule has 2 rings (SSSR count). The Kier molecular flexibility index (Phi) is 2.61. The van der Waals surface area contributed by atoms with E-state index in [2.05, 4.69) is 10.8 Å². The van der Waals surface area contributed by atoms with Crippen LogP contribution in [0.2, 0.25) is 0 Å². The van der Waals surface area contributed by atoms with Gasteiger partial charge in [-0.25, -0.2) is 9.18 Å². The second-order valence-corrected chi connectivity index (χ2v) is 3.77. The molecule has 1 fully saturated rings. The van der Waals surface area contributed by atoms with Crippen LogP contribution in [0.5, 0.6) is 0 Å². The Hall–Kier alpha value is -1.89. The van der Waals surface area contributed by atoms with Gasteiger partial charge < -0.3 is 4.74 Å². The maximum atomic E-state index is 13.5. The number of nitrogens with zero attached hydrogens (tertiary/aromatic N) is 1. The van der Waals surface area contributed by atoms with Crippen molar-refractivity contribution in [3.8, 4) is 6.07 Å². The van der Waals surface area contributed by atoms with Crippen LogP contribution < -0.4 is 0 Å². The molecule has 1 saturated carbocycles. The summed E-state index contributed by atoms with van der Waals surface area (Å²) in [5.41, 5.74) is 0.547. The lowest BCUT2D eigenvalue weighted by molar-refractivity contribution is 0.0594. The van der Waals surface area contributed by atoms with Crippen molar-refractivity contribution in [3.05, 3.63) is 35.1 Å². The molecule has 0 radical (unpaired) electrons. The van der Waals surface area contributed by atoms with Crippen LogP contribution in [-0.2, 0) is 4.74 Å². The van der Waals surface area contributed by atoms with Crippen LogP contribution in [0, 0.1) is 23.1 Å². The Labute approximate surface area is 92.4 Å². The fourth-order valence-electron chi connectivity index (χ4n) is 1.85. The third-order valence-electron chi connectivity index (χ3n) is 2.79. The van der Waals surface area contributed by atoms with E-state index in [9.17, 15) is 9.18 Å². The summed E-state index contributed by atoms with van der Waals surface area (Å²) in [6, 6.07) is 6.56. The highest BCUT2D eigenvalue weighted by atomic mass is 19.1. The van der Waals surface area contributed by atoms with Crippen LogP contribution in [0.4, 0.5) is 4.39 Å². The minimum Gasteiger partial charge on any atom is -0.465 e. The molecular formula is C12H10FNO2. The van der Waals surface area contributed by atoms with E-state index in [-0.39, 0.29) is 17.4 Å². The van der Waals surface area contributed by atoms with E-state index in [1.807, 2.05) is 0 Å². The van der Waals surface area contributed by atoms with Crippen LogP contribution >= 0.6 is 0 Å². The molecule has 82 valence electrons. The summed E-state index contributed by atoms with van der Waals surface area (Å²) in [4.78, 5) is 11.4. The molecule has 0 saturated heterocycles. The van der Waals surface area contributed by atoms with Crippen molar-refractivity contribution < 1.29 is 13.9 Å². The predicted octanol–water partition coefficient (Wildman–Crippen LogP) is 2.24. The van der Waals surface area contributed by atoms with Gasteiger partial charge >= 0.3 is 5.97 Å². The van der Waals surface area contributed by atoms with Gasteiger partial charge in [0.2, 0.25) is 0 Å². The van der Waals surface area contributed by atoms with Gasteiger partial charge in [-0.15, -0.1) is 0 Å². The Morgan fingerprint density at radius 1 is 1.62 bits per heavy atom. The number of hydrogen-bond donors (Lipinski definition) is 0. The third kappa shape index (κ3) is 1.65. The van der Waals surface area contributed by atoms with Crippen molar-refractivity contribution in [1.29, 1.82) is 5.26 Å². The lowest BCUT2D eigenvalue weighted by Crippen LogP contribution is -2.08. The fourth-order valence-corrected chi connectivity index (χ4v) is 1.85. The monoisotopic (exact) mass is 219 g/mol. The molecule has 4 heteroatoms. The largest absolute Gasteiger partial charge is 0.465 e. The van der Waals surface area contributed by atoms with Gasteiger partial charge in [-0.1, -0.05) is 12.1 Å². The second-order valence-electron chi connectivity index (χ2n) is 3.77. The van der Waals surface area contributed by atoms with E-state index in [4.69, 9.17) is 5.26 Å². The molecule has 1 aliphatic carbocycles. The van der Waals surface area contributed by atoms with E-state index in [0.717, 1.165) is 0 Å². The van der Waals surface area contributed by atoms with E-state index in [0.29, 0.717) is 12.0 Å². The Morgan fingerprint density at radius 3 is 2.94 bits per heavy atom. The first-order valence-electron chi connectivity index (χ1n) is 4.95. The zero-order chi connectivity index (χ0) is 11.7. The van der Waals surface area contributed by atoms with E-state index < -0.39 is 11.8 Å². The zero-order valence-electron chi connectivity index (χ0n) is 8.74. The number of esters is 1. The van der Waals surface area contributed by atoms with E-state index in [1.165, 1.54) is 13.2 Å². The predicted molar refractivity (Wildman–Crippen MR) is 54.2 cm³/mol. The zero-order valence-corrected chi connectivity index (χ0v) is 8.74. The molecule has 0 spiro atoms. The summed E-state index contributed by atoms with van der Waals surface area (Å²) >= 11 is 0. The van der Waals surface area contributed by atoms with Crippen LogP contribution in [0.3, 0.4) is 0 Å². The Morgan fingerprint density at radius 2 is 2.38 bits per heavy atom. The summed E-state index contributed by atoms with van der Waals surface area (Å²) in [5.74, 6) is -1.41. The molecule has 1 aromatic carbocycles. The van der Waals surface area contributed by atoms with Gasteiger partial charge in [-0.3, -0.25) is 0 Å². The van der Waals surface area contributed by atoms with Crippen molar-refractivity contribution in [2.24, 2.45) is 5.92 Å². The van der Waals surface area contributed by atoms with Crippen LogP contribution in [0.1, 0.15) is 28.3 Å². The molecule has 2 atom stereocenters. The van der Waals surface area contributed by atoms with E-state index in [1.54, 1.807) is 12.1 Å². The van der Waals surface area contributed by atoms with Crippen molar-refractivity contribution in [3.63, 3.8) is 0 Å². The molecule has 0 amide bonds. The van der Waals surface area contributed by atoms with Crippen molar-refractivity contribution in [1.82, 2.24) is 0 Å². The maximum Gasteiger partial charge on any atom is 0.341 e. The second kappa shape index (κ2) is 3.93.